The molecule has 3 rings (SSSR count). The average Bonchev–Trinajstić information content (AvgIpc) is 3.03. The maximum Gasteiger partial charge on any atom is 0.166 e. The number of rotatable bonds is 5. The van der Waals surface area contributed by atoms with Crippen molar-refractivity contribution in [3.05, 3.63) is 59.7 Å². The van der Waals surface area contributed by atoms with Gasteiger partial charge in [-0.25, -0.2) is 8.78 Å². The molecule has 1 unspecified atom stereocenters. The second kappa shape index (κ2) is 6.85. The molecule has 1 heterocycles. The first-order valence-electron chi connectivity index (χ1n) is 7.37. The zero-order valence-corrected chi connectivity index (χ0v) is 12.1. The molecule has 2 aromatic carbocycles. The van der Waals surface area contributed by atoms with Crippen LogP contribution in [0.5, 0.6) is 11.5 Å². The van der Waals surface area contributed by atoms with Gasteiger partial charge < -0.3 is 15.4 Å². The molecule has 1 fully saturated rings. The van der Waals surface area contributed by atoms with Crippen LogP contribution in [0.3, 0.4) is 0 Å². The molecule has 22 heavy (non-hydrogen) atoms. The third-order valence-electron chi connectivity index (χ3n) is 3.71. The summed E-state index contributed by atoms with van der Waals surface area (Å²) in [5.74, 6) is -0.964. The summed E-state index contributed by atoms with van der Waals surface area (Å²) in [4.78, 5) is 0. The molecule has 0 radical (unpaired) electrons. The fourth-order valence-corrected chi connectivity index (χ4v) is 2.47. The van der Waals surface area contributed by atoms with Crippen LogP contribution in [0.4, 0.5) is 8.78 Å². The van der Waals surface area contributed by atoms with Gasteiger partial charge in [-0.15, -0.1) is 0 Å². The predicted molar refractivity (Wildman–Crippen MR) is 81.0 cm³/mol. The number of hydrogen-bond acceptors (Lipinski definition) is 3. The molecule has 1 aliphatic heterocycles. The Labute approximate surface area is 128 Å². The van der Waals surface area contributed by atoms with Crippen molar-refractivity contribution in [3.63, 3.8) is 0 Å². The molecule has 0 saturated carbocycles. The Hall–Kier alpha value is -1.98. The summed E-state index contributed by atoms with van der Waals surface area (Å²) in [7, 11) is 0. The number of ether oxygens (including phenoxy) is 1. The fraction of sp³-hybridized carbons (Fsp3) is 0.294. The number of para-hydroxylation sites is 1. The van der Waals surface area contributed by atoms with Crippen LogP contribution in [-0.2, 0) is 6.54 Å². The van der Waals surface area contributed by atoms with Gasteiger partial charge in [-0.3, -0.25) is 0 Å². The molecule has 0 spiro atoms. The molecule has 3 nitrogen and oxygen atoms in total. The van der Waals surface area contributed by atoms with Crippen LogP contribution in [0.1, 0.15) is 12.0 Å². The highest BCUT2D eigenvalue weighted by molar-refractivity contribution is 5.35. The minimum absolute atomic E-state index is 0.0179. The van der Waals surface area contributed by atoms with Gasteiger partial charge in [0.1, 0.15) is 0 Å². The van der Waals surface area contributed by atoms with E-state index in [0.717, 1.165) is 25.1 Å². The van der Waals surface area contributed by atoms with Gasteiger partial charge in [-0.1, -0.05) is 18.2 Å². The van der Waals surface area contributed by atoms with E-state index in [-0.39, 0.29) is 11.5 Å². The van der Waals surface area contributed by atoms with E-state index >= 15 is 0 Å². The van der Waals surface area contributed by atoms with E-state index in [4.69, 9.17) is 4.74 Å². The maximum atomic E-state index is 14.1. The van der Waals surface area contributed by atoms with Crippen LogP contribution >= 0.6 is 0 Å². The topological polar surface area (TPSA) is 33.3 Å². The van der Waals surface area contributed by atoms with Crippen molar-refractivity contribution in [2.45, 2.75) is 19.0 Å². The van der Waals surface area contributed by atoms with Gasteiger partial charge in [-0.05, 0) is 42.8 Å². The number of benzene rings is 2. The van der Waals surface area contributed by atoms with E-state index in [2.05, 4.69) is 10.6 Å². The Bertz CT molecular complexity index is 642. The summed E-state index contributed by atoms with van der Waals surface area (Å²) in [6.07, 6.45) is 1.08. The van der Waals surface area contributed by atoms with Gasteiger partial charge in [0.25, 0.3) is 0 Å². The largest absolute Gasteiger partial charge is 0.451 e. The minimum atomic E-state index is -0.513. The SMILES string of the molecule is Fc1ccccc1Oc1ccc(CNC2CCNC2)cc1F. The maximum absolute atomic E-state index is 14.1. The molecule has 1 saturated heterocycles. The van der Waals surface area contributed by atoms with Gasteiger partial charge in [0, 0.05) is 19.1 Å². The van der Waals surface area contributed by atoms with E-state index in [1.807, 2.05) is 0 Å². The highest BCUT2D eigenvalue weighted by Crippen LogP contribution is 2.27. The average molecular weight is 304 g/mol. The second-order valence-electron chi connectivity index (χ2n) is 5.37. The zero-order chi connectivity index (χ0) is 15.4. The standard InChI is InChI=1S/C17H18F2N2O/c18-14-3-1-2-4-16(14)22-17-6-5-12(9-15(17)19)10-21-13-7-8-20-11-13/h1-6,9,13,20-21H,7-8,10-11H2. The molecule has 116 valence electrons. The smallest absolute Gasteiger partial charge is 0.166 e. The Morgan fingerprint density at radius 2 is 1.91 bits per heavy atom. The molecule has 0 aliphatic carbocycles. The monoisotopic (exact) mass is 304 g/mol. The third kappa shape index (κ3) is 3.61. The van der Waals surface area contributed by atoms with Crippen LogP contribution < -0.4 is 15.4 Å². The molecule has 1 aliphatic rings. The van der Waals surface area contributed by atoms with Crippen LogP contribution in [0.2, 0.25) is 0 Å². The van der Waals surface area contributed by atoms with Crippen molar-refractivity contribution >= 4 is 0 Å². The molecule has 1 atom stereocenters. The first-order valence-corrected chi connectivity index (χ1v) is 7.37. The Balaban J connectivity index is 1.65. The van der Waals surface area contributed by atoms with E-state index in [1.165, 1.54) is 24.3 Å². The van der Waals surface area contributed by atoms with E-state index in [1.54, 1.807) is 18.2 Å². The van der Waals surface area contributed by atoms with Gasteiger partial charge in [0.05, 0.1) is 0 Å². The molecule has 0 bridgehead atoms. The lowest BCUT2D eigenvalue weighted by Gasteiger charge is -2.12. The van der Waals surface area contributed by atoms with Crippen LogP contribution in [0, 0.1) is 11.6 Å². The summed E-state index contributed by atoms with van der Waals surface area (Å²) in [6.45, 7) is 2.56. The Morgan fingerprint density at radius 1 is 1.09 bits per heavy atom. The number of nitrogens with one attached hydrogen (secondary N) is 2. The predicted octanol–water partition coefficient (Wildman–Crippen LogP) is 3.21. The normalized spacial score (nSPS) is 17.6. The van der Waals surface area contributed by atoms with E-state index in [9.17, 15) is 8.78 Å². The molecule has 5 heteroatoms. The first kappa shape index (κ1) is 14.9. The third-order valence-corrected chi connectivity index (χ3v) is 3.71. The lowest BCUT2D eigenvalue weighted by Crippen LogP contribution is -2.30. The number of hydrogen-bond donors (Lipinski definition) is 2. The fourth-order valence-electron chi connectivity index (χ4n) is 2.47. The summed E-state index contributed by atoms with van der Waals surface area (Å²) in [5, 5.41) is 6.64. The van der Waals surface area contributed by atoms with Gasteiger partial charge in [0.15, 0.2) is 23.1 Å². The summed E-state index contributed by atoms with van der Waals surface area (Å²) >= 11 is 0. The van der Waals surface area contributed by atoms with Gasteiger partial charge >= 0.3 is 0 Å². The van der Waals surface area contributed by atoms with Crippen LogP contribution in [0.25, 0.3) is 0 Å². The number of halogens is 2. The highest BCUT2D eigenvalue weighted by atomic mass is 19.1. The summed E-state index contributed by atoms with van der Waals surface area (Å²) in [5.41, 5.74) is 0.838. The van der Waals surface area contributed by atoms with Crippen molar-refractivity contribution in [2.24, 2.45) is 0 Å². The zero-order valence-electron chi connectivity index (χ0n) is 12.1. The lowest BCUT2D eigenvalue weighted by molar-refractivity contribution is 0.414. The molecule has 2 aromatic rings. The van der Waals surface area contributed by atoms with Gasteiger partial charge in [-0.2, -0.15) is 0 Å². The highest BCUT2D eigenvalue weighted by Gasteiger charge is 2.14. The van der Waals surface area contributed by atoms with Crippen LogP contribution in [-0.4, -0.2) is 19.1 Å². The van der Waals surface area contributed by atoms with Gasteiger partial charge in [0.2, 0.25) is 0 Å². The Kier molecular flexibility index (Phi) is 4.65. The quantitative estimate of drug-likeness (QED) is 0.890. The van der Waals surface area contributed by atoms with Crippen molar-refractivity contribution in [3.8, 4) is 11.5 Å². The van der Waals surface area contributed by atoms with E-state index in [0.29, 0.717) is 12.6 Å². The van der Waals surface area contributed by atoms with Crippen molar-refractivity contribution in [2.75, 3.05) is 13.1 Å². The van der Waals surface area contributed by atoms with E-state index < -0.39 is 11.6 Å². The van der Waals surface area contributed by atoms with Crippen molar-refractivity contribution < 1.29 is 13.5 Å². The van der Waals surface area contributed by atoms with Crippen molar-refractivity contribution in [1.29, 1.82) is 0 Å². The molecular formula is C17H18F2N2O. The van der Waals surface area contributed by atoms with Crippen molar-refractivity contribution in [1.82, 2.24) is 10.6 Å². The molecule has 2 N–H and O–H groups in total. The minimum Gasteiger partial charge on any atom is -0.451 e. The Morgan fingerprint density at radius 3 is 2.64 bits per heavy atom. The van der Waals surface area contributed by atoms with Crippen LogP contribution in [0.15, 0.2) is 42.5 Å². The lowest BCUT2D eigenvalue weighted by atomic mass is 10.2. The first-order chi connectivity index (χ1) is 10.7. The molecular weight excluding hydrogens is 286 g/mol. The summed E-state index contributed by atoms with van der Waals surface area (Å²) < 4.78 is 32.9. The molecule has 0 aromatic heterocycles. The second-order valence-corrected chi connectivity index (χ2v) is 5.37. The molecule has 0 amide bonds. The summed E-state index contributed by atoms with van der Waals surface area (Å²) in [6, 6.07) is 11.1.